The summed E-state index contributed by atoms with van der Waals surface area (Å²) in [7, 11) is 3.46. The molecule has 0 radical (unpaired) electrons. The van der Waals surface area contributed by atoms with E-state index in [2.05, 4.69) is 0 Å². The molecule has 0 bridgehead atoms. The number of ether oxygens (including phenoxy) is 1. The van der Waals surface area contributed by atoms with Crippen molar-refractivity contribution in [1.82, 2.24) is 4.90 Å². The molecule has 5 heteroatoms. The van der Waals surface area contributed by atoms with Gasteiger partial charge in [-0.3, -0.25) is 4.79 Å². The van der Waals surface area contributed by atoms with E-state index in [9.17, 15) is 9.90 Å². The maximum absolute atomic E-state index is 11.9. The van der Waals surface area contributed by atoms with E-state index < -0.39 is 0 Å². The van der Waals surface area contributed by atoms with Gasteiger partial charge >= 0.3 is 0 Å². The summed E-state index contributed by atoms with van der Waals surface area (Å²) in [5.41, 5.74) is 0. The molecule has 0 spiro atoms. The van der Waals surface area contributed by atoms with Gasteiger partial charge in [-0.25, -0.2) is 0 Å². The van der Waals surface area contributed by atoms with Gasteiger partial charge in [0.05, 0.1) is 24.5 Å². The zero-order chi connectivity index (χ0) is 12.7. The van der Waals surface area contributed by atoms with Crippen LogP contribution in [0.1, 0.15) is 25.7 Å². The topological polar surface area (TPSA) is 49.8 Å². The van der Waals surface area contributed by atoms with Crippen molar-refractivity contribution in [2.45, 2.75) is 37.8 Å². The molecular formula is C12H23NO3S. The lowest BCUT2D eigenvalue weighted by atomic mass is 9.91. The van der Waals surface area contributed by atoms with Crippen LogP contribution < -0.4 is 0 Å². The summed E-state index contributed by atoms with van der Waals surface area (Å²) in [5.74, 6) is 1.42. The number of hydrogen-bond acceptors (Lipinski definition) is 4. The molecule has 0 aromatic rings. The predicted molar refractivity (Wildman–Crippen MR) is 70.2 cm³/mol. The van der Waals surface area contributed by atoms with Gasteiger partial charge in [-0.2, -0.15) is 0 Å². The minimum absolute atomic E-state index is 0.0132. The molecule has 1 aliphatic carbocycles. The van der Waals surface area contributed by atoms with E-state index in [1.807, 2.05) is 0 Å². The van der Waals surface area contributed by atoms with Gasteiger partial charge in [0.1, 0.15) is 0 Å². The molecule has 0 aliphatic heterocycles. The first-order valence-electron chi connectivity index (χ1n) is 6.17. The summed E-state index contributed by atoms with van der Waals surface area (Å²) < 4.78 is 4.93. The van der Waals surface area contributed by atoms with E-state index in [-0.39, 0.29) is 18.1 Å². The van der Waals surface area contributed by atoms with Gasteiger partial charge in [0.2, 0.25) is 5.91 Å². The lowest BCUT2D eigenvalue weighted by Crippen LogP contribution is -2.46. The number of hydrogen-bond donors (Lipinski definition) is 1. The Hall–Kier alpha value is -0.260. The number of thioether (sulfide) groups is 1. The number of carbonyl (C=O) groups is 1. The average molecular weight is 261 g/mol. The minimum atomic E-state index is -0.346. The molecular weight excluding hydrogens is 238 g/mol. The van der Waals surface area contributed by atoms with E-state index >= 15 is 0 Å². The lowest BCUT2D eigenvalue weighted by Gasteiger charge is -2.35. The van der Waals surface area contributed by atoms with Crippen LogP contribution in [0.2, 0.25) is 0 Å². The van der Waals surface area contributed by atoms with Crippen molar-refractivity contribution in [2.24, 2.45) is 0 Å². The highest BCUT2D eigenvalue weighted by Crippen LogP contribution is 2.22. The molecule has 1 aliphatic rings. The second-order valence-electron chi connectivity index (χ2n) is 4.47. The Bertz CT molecular complexity index is 238. The maximum atomic E-state index is 11.9. The molecule has 1 saturated carbocycles. The highest BCUT2D eigenvalue weighted by Gasteiger charge is 2.28. The molecule has 2 unspecified atom stereocenters. The Balaban J connectivity index is 2.29. The van der Waals surface area contributed by atoms with Gasteiger partial charge in [0, 0.05) is 19.9 Å². The lowest BCUT2D eigenvalue weighted by molar-refractivity contribution is -0.132. The Morgan fingerprint density at radius 1 is 1.47 bits per heavy atom. The third kappa shape index (κ3) is 4.85. The first kappa shape index (κ1) is 14.8. The van der Waals surface area contributed by atoms with Crippen LogP contribution in [-0.2, 0) is 9.53 Å². The summed E-state index contributed by atoms with van der Waals surface area (Å²) in [6.45, 7) is 0.674. The van der Waals surface area contributed by atoms with Crippen molar-refractivity contribution in [3.63, 3.8) is 0 Å². The Kier molecular flexibility index (Phi) is 6.92. The predicted octanol–water partition coefficient (Wildman–Crippen LogP) is 1.13. The number of aliphatic hydroxyl groups is 1. The largest absolute Gasteiger partial charge is 0.391 e. The summed E-state index contributed by atoms with van der Waals surface area (Å²) in [6, 6.07) is 0.0132. The summed E-state index contributed by atoms with van der Waals surface area (Å²) in [6.07, 6.45) is 3.57. The van der Waals surface area contributed by atoms with Crippen LogP contribution in [0.15, 0.2) is 0 Å². The van der Waals surface area contributed by atoms with E-state index in [1.165, 1.54) is 0 Å². The van der Waals surface area contributed by atoms with Crippen LogP contribution in [0.4, 0.5) is 0 Å². The standard InChI is InChI=1S/C12H23NO3S/c1-13(10-5-3-4-6-11(10)14)12(15)9-17-8-7-16-2/h10-11,14H,3-9H2,1-2H3. The van der Waals surface area contributed by atoms with E-state index in [0.29, 0.717) is 12.4 Å². The fourth-order valence-electron chi connectivity index (χ4n) is 2.13. The van der Waals surface area contributed by atoms with Gasteiger partial charge in [0.25, 0.3) is 0 Å². The van der Waals surface area contributed by atoms with Crippen LogP contribution in [0.25, 0.3) is 0 Å². The number of nitrogens with zero attached hydrogens (tertiary/aromatic N) is 1. The molecule has 4 nitrogen and oxygen atoms in total. The van der Waals surface area contributed by atoms with E-state index in [1.54, 1.807) is 30.8 Å². The molecule has 1 N–H and O–H groups in total. The van der Waals surface area contributed by atoms with Crippen molar-refractivity contribution < 1.29 is 14.6 Å². The van der Waals surface area contributed by atoms with Crippen LogP contribution in [0, 0.1) is 0 Å². The van der Waals surface area contributed by atoms with Gasteiger partial charge in [0.15, 0.2) is 0 Å². The molecule has 2 atom stereocenters. The fourth-order valence-corrected chi connectivity index (χ4v) is 2.94. The molecule has 1 fully saturated rings. The van der Waals surface area contributed by atoms with Crippen molar-refractivity contribution >= 4 is 17.7 Å². The SMILES string of the molecule is COCCSCC(=O)N(C)C1CCCCC1O. The van der Waals surface area contributed by atoms with E-state index in [4.69, 9.17) is 4.74 Å². The molecule has 1 rings (SSSR count). The van der Waals surface area contributed by atoms with Crippen LogP contribution >= 0.6 is 11.8 Å². The number of amides is 1. The summed E-state index contributed by atoms with van der Waals surface area (Å²) >= 11 is 1.58. The molecule has 0 heterocycles. The Morgan fingerprint density at radius 2 is 2.18 bits per heavy atom. The number of methoxy groups -OCH3 is 1. The molecule has 17 heavy (non-hydrogen) atoms. The summed E-state index contributed by atoms with van der Waals surface area (Å²) in [4.78, 5) is 13.6. The molecule has 1 amide bonds. The Morgan fingerprint density at radius 3 is 2.82 bits per heavy atom. The number of rotatable bonds is 6. The second-order valence-corrected chi connectivity index (χ2v) is 5.57. The van der Waals surface area contributed by atoms with E-state index in [0.717, 1.165) is 31.4 Å². The van der Waals surface area contributed by atoms with Crippen LogP contribution in [-0.4, -0.2) is 60.3 Å². The zero-order valence-corrected chi connectivity index (χ0v) is 11.5. The third-order valence-corrected chi connectivity index (χ3v) is 4.15. The Labute approximate surface area is 108 Å². The minimum Gasteiger partial charge on any atom is -0.391 e. The average Bonchev–Trinajstić information content (AvgIpc) is 2.34. The molecule has 0 aromatic carbocycles. The van der Waals surface area contributed by atoms with Crippen molar-refractivity contribution in [3.05, 3.63) is 0 Å². The van der Waals surface area contributed by atoms with Crippen molar-refractivity contribution in [2.75, 3.05) is 32.3 Å². The first-order chi connectivity index (χ1) is 8.16. The zero-order valence-electron chi connectivity index (χ0n) is 10.7. The molecule has 100 valence electrons. The maximum Gasteiger partial charge on any atom is 0.232 e. The van der Waals surface area contributed by atoms with Gasteiger partial charge in [-0.1, -0.05) is 12.8 Å². The number of carbonyl (C=O) groups excluding carboxylic acids is 1. The fraction of sp³-hybridized carbons (Fsp3) is 0.917. The number of likely N-dealkylation sites (N-methyl/N-ethyl adjacent to an activating group) is 1. The van der Waals surface area contributed by atoms with Gasteiger partial charge in [-0.15, -0.1) is 11.8 Å². The third-order valence-electron chi connectivity index (χ3n) is 3.24. The highest BCUT2D eigenvalue weighted by molar-refractivity contribution is 7.99. The van der Waals surface area contributed by atoms with Crippen LogP contribution in [0.3, 0.4) is 0 Å². The smallest absolute Gasteiger partial charge is 0.232 e. The summed E-state index contributed by atoms with van der Waals surface area (Å²) in [5, 5.41) is 9.88. The van der Waals surface area contributed by atoms with Crippen LogP contribution in [0.5, 0.6) is 0 Å². The second kappa shape index (κ2) is 7.95. The monoisotopic (exact) mass is 261 g/mol. The van der Waals surface area contributed by atoms with Crippen molar-refractivity contribution in [1.29, 1.82) is 0 Å². The van der Waals surface area contributed by atoms with Gasteiger partial charge in [-0.05, 0) is 12.8 Å². The molecule has 0 saturated heterocycles. The first-order valence-corrected chi connectivity index (χ1v) is 7.32. The van der Waals surface area contributed by atoms with Gasteiger partial charge < -0.3 is 14.7 Å². The van der Waals surface area contributed by atoms with Crippen molar-refractivity contribution in [3.8, 4) is 0 Å². The normalized spacial score (nSPS) is 24.6. The highest BCUT2D eigenvalue weighted by atomic mass is 32.2. The molecule has 0 aromatic heterocycles. The number of aliphatic hydroxyl groups excluding tert-OH is 1. The quantitative estimate of drug-likeness (QED) is 0.728.